The molecule has 0 aliphatic carbocycles. The van der Waals surface area contributed by atoms with Crippen LogP contribution < -0.4 is 16.4 Å². The Kier molecular flexibility index (Phi) is 8.34. The second kappa shape index (κ2) is 12.2. The molecule has 2 aliphatic heterocycles. The van der Waals surface area contributed by atoms with Gasteiger partial charge in [0.05, 0.1) is 17.3 Å². The standard InChI is InChI=1S/C31H33FN4O3/c32-23-10-12-24(13-11-23)34-31(38)27-20-36(25-15-17-39-18-16-25)19-26(27)22-8-5-21(6-9-22)7-14-30(37)35-29-4-2-1-3-28(29)33/h1-14,25-27H,15-20,33H2,(H,34,38)(H,35,37). The molecule has 4 N–H and O–H groups in total. The fourth-order valence-electron chi connectivity index (χ4n) is 5.37. The van der Waals surface area contributed by atoms with Crippen molar-refractivity contribution in [3.8, 4) is 0 Å². The number of rotatable bonds is 7. The van der Waals surface area contributed by atoms with Crippen LogP contribution in [0.4, 0.5) is 21.5 Å². The Hall–Kier alpha value is -4.01. The molecule has 0 saturated carbocycles. The number of carbonyl (C=O) groups excluding carboxylic acids is 2. The average molecular weight is 529 g/mol. The van der Waals surface area contributed by atoms with Gasteiger partial charge in [-0.3, -0.25) is 14.5 Å². The highest BCUT2D eigenvalue weighted by molar-refractivity contribution is 6.03. The summed E-state index contributed by atoms with van der Waals surface area (Å²) in [6.45, 7) is 2.92. The van der Waals surface area contributed by atoms with Crippen molar-refractivity contribution in [2.45, 2.75) is 24.8 Å². The molecule has 2 unspecified atom stereocenters. The van der Waals surface area contributed by atoms with Crippen LogP contribution >= 0.6 is 0 Å². The maximum absolute atomic E-state index is 13.4. The van der Waals surface area contributed by atoms with Crippen molar-refractivity contribution in [1.82, 2.24) is 4.90 Å². The molecule has 7 nitrogen and oxygen atoms in total. The first-order valence-corrected chi connectivity index (χ1v) is 13.3. The van der Waals surface area contributed by atoms with Crippen LogP contribution in [-0.2, 0) is 14.3 Å². The number of nitrogens with zero attached hydrogens (tertiary/aromatic N) is 1. The molecule has 2 heterocycles. The Morgan fingerprint density at radius 3 is 2.36 bits per heavy atom. The number of amides is 2. The molecule has 0 bridgehead atoms. The van der Waals surface area contributed by atoms with Gasteiger partial charge in [0.15, 0.2) is 0 Å². The SMILES string of the molecule is Nc1ccccc1NC(=O)C=Cc1ccc(C2CN(C3CCOCC3)CC2C(=O)Nc2ccc(F)cc2)cc1. The van der Waals surface area contributed by atoms with Crippen molar-refractivity contribution in [1.29, 1.82) is 0 Å². The number of ether oxygens (including phenoxy) is 1. The van der Waals surface area contributed by atoms with E-state index in [1.807, 2.05) is 36.4 Å². The predicted octanol–water partition coefficient (Wildman–Crippen LogP) is 4.89. The lowest BCUT2D eigenvalue weighted by Crippen LogP contribution is -2.38. The molecular weight excluding hydrogens is 495 g/mol. The van der Waals surface area contributed by atoms with E-state index in [-0.39, 0.29) is 29.5 Å². The highest BCUT2D eigenvalue weighted by atomic mass is 19.1. The van der Waals surface area contributed by atoms with Crippen LogP contribution in [0.2, 0.25) is 0 Å². The highest BCUT2D eigenvalue weighted by Gasteiger charge is 2.41. The molecule has 8 heteroatoms. The molecule has 0 aromatic heterocycles. The van der Waals surface area contributed by atoms with E-state index in [2.05, 4.69) is 15.5 Å². The number of nitrogen functional groups attached to an aromatic ring is 1. The van der Waals surface area contributed by atoms with E-state index in [4.69, 9.17) is 10.5 Å². The maximum atomic E-state index is 13.4. The second-order valence-electron chi connectivity index (χ2n) is 10.1. The number of halogens is 1. The highest BCUT2D eigenvalue weighted by Crippen LogP contribution is 2.36. The summed E-state index contributed by atoms with van der Waals surface area (Å²) in [5.41, 5.74) is 9.51. The Morgan fingerprint density at radius 1 is 0.923 bits per heavy atom. The van der Waals surface area contributed by atoms with Crippen molar-refractivity contribution in [2.24, 2.45) is 5.92 Å². The molecule has 3 aromatic rings. The van der Waals surface area contributed by atoms with Crippen LogP contribution in [-0.4, -0.2) is 49.1 Å². The summed E-state index contributed by atoms with van der Waals surface area (Å²) in [5, 5.41) is 5.76. The Bertz CT molecular complexity index is 1320. The van der Waals surface area contributed by atoms with Gasteiger partial charge in [0, 0.05) is 50.0 Å². The minimum atomic E-state index is -0.340. The van der Waals surface area contributed by atoms with Crippen molar-refractivity contribution in [2.75, 3.05) is 42.7 Å². The minimum absolute atomic E-state index is 0.00989. The first-order valence-electron chi connectivity index (χ1n) is 13.3. The quantitative estimate of drug-likeness (QED) is 0.300. The van der Waals surface area contributed by atoms with Crippen LogP contribution in [0.15, 0.2) is 78.9 Å². The Balaban J connectivity index is 1.29. The van der Waals surface area contributed by atoms with E-state index in [1.54, 1.807) is 30.3 Å². The van der Waals surface area contributed by atoms with Gasteiger partial charge in [0.25, 0.3) is 0 Å². The van der Waals surface area contributed by atoms with E-state index in [0.29, 0.717) is 29.6 Å². The molecule has 2 atom stereocenters. The number of carbonyl (C=O) groups is 2. The van der Waals surface area contributed by atoms with Crippen LogP contribution in [0.3, 0.4) is 0 Å². The second-order valence-corrected chi connectivity index (χ2v) is 10.1. The summed E-state index contributed by atoms with van der Waals surface area (Å²) in [5.74, 6) is -0.912. The molecular formula is C31H33FN4O3. The largest absolute Gasteiger partial charge is 0.397 e. The average Bonchev–Trinajstić information content (AvgIpc) is 3.41. The Labute approximate surface area is 227 Å². The Morgan fingerprint density at radius 2 is 1.64 bits per heavy atom. The monoisotopic (exact) mass is 528 g/mol. The van der Waals surface area contributed by atoms with E-state index in [0.717, 1.165) is 43.7 Å². The van der Waals surface area contributed by atoms with E-state index in [1.165, 1.54) is 18.2 Å². The molecule has 2 saturated heterocycles. The third-order valence-electron chi connectivity index (χ3n) is 7.51. The van der Waals surface area contributed by atoms with Gasteiger partial charge >= 0.3 is 0 Å². The first kappa shape index (κ1) is 26.6. The lowest BCUT2D eigenvalue weighted by molar-refractivity contribution is -0.120. The number of nitrogens with one attached hydrogen (secondary N) is 2. The summed E-state index contributed by atoms with van der Waals surface area (Å²) < 4.78 is 18.9. The molecule has 39 heavy (non-hydrogen) atoms. The summed E-state index contributed by atoms with van der Waals surface area (Å²) in [7, 11) is 0. The zero-order valence-corrected chi connectivity index (χ0v) is 21.7. The molecule has 2 fully saturated rings. The van der Waals surface area contributed by atoms with Gasteiger partial charge in [0.1, 0.15) is 5.82 Å². The van der Waals surface area contributed by atoms with E-state index < -0.39 is 0 Å². The minimum Gasteiger partial charge on any atom is -0.397 e. The van der Waals surface area contributed by atoms with Gasteiger partial charge in [-0.05, 0) is 66.4 Å². The number of likely N-dealkylation sites (tertiary alicyclic amines) is 1. The molecule has 0 spiro atoms. The van der Waals surface area contributed by atoms with Gasteiger partial charge in [-0.1, -0.05) is 36.4 Å². The summed E-state index contributed by atoms with van der Waals surface area (Å²) in [6.07, 6.45) is 5.14. The van der Waals surface area contributed by atoms with Gasteiger partial charge < -0.3 is 21.1 Å². The normalized spacial score (nSPS) is 20.2. The molecule has 2 aliphatic rings. The van der Waals surface area contributed by atoms with Crippen LogP contribution in [0.25, 0.3) is 6.08 Å². The number of hydrogen-bond acceptors (Lipinski definition) is 5. The maximum Gasteiger partial charge on any atom is 0.248 e. The van der Waals surface area contributed by atoms with Crippen LogP contribution in [0, 0.1) is 11.7 Å². The number of anilines is 3. The summed E-state index contributed by atoms with van der Waals surface area (Å²) >= 11 is 0. The molecule has 202 valence electrons. The van der Waals surface area contributed by atoms with Gasteiger partial charge in [-0.25, -0.2) is 4.39 Å². The summed E-state index contributed by atoms with van der Waals surface area (Å²) in [4.78, 5) is 28.2. The number of nitrogens with two attached hydrogens (primary N) is 1. The third kappa shape index (κ3) is 6.71. The zero-order valence-electron chi connectivity index (χ0n) is 21.7. The number of benzene rings is 3. The molecule has 2 amide bonds. The molecule has 3 aromatic carbocycles. The van der Waals surface area contributed by atoms with Gasteiger partial charge in [-0.15, -0.1) is 0 Å². The third-order valence-corrected chi connectivity index (χ3v) is 7.51. The smallest absolute Gasteiger partial charge is 0.248 e. The van der Waals surface area contributed by atoms with Crippen molar-refractivity contribution in [3.63, 3.8) is 0 Å². The molecule has 0 radical (unpaired) electrons. The fraction of sp³-hybridized carbons (Fsp3) is 0.290. The molecule has 5 rings (SSSR count). The topological polar surface area (TPSA) is 96.7 Å². The predicted molar refractivity (Wildman–Crippen MR) is 152 cm³/mol. The van der Waals surface area contributed by atoms with Gasteiger partial charge in [-0.2, -0.15) is 0 Å². The fourth-order valence-corrected chi connectivity index (χ4v) is 5.37. The van der Waals surface area contributed by atoms with E-state index >= 15 is 0 Å². The van der Waals surface area contributed by atoms with Crippen molar-refractivity contribution >= 4 is 35.0 Å². The lowest BCUT2D eigenvalue weighted by Gasteiger charge is -2.31. The van der Waals surface area contributed by atoms with Gasteiger partial charge in [0.2, 0.25) is 11.8 Å². The number of para-hydroxylation sites is 2. The lowest BCUT2D eigenvalue weighted by atomic mass is 9.88. The zero-order chi connectivity index (χ0) is 27.2. The van der Waals surface area contributed by atoms with E-state index in [9.17, 15) is 14.0 Å². The number of hydrogen-bond donors (Lipinski definition) is 3. The summed E-state index contributed by atoms with van der Waals surface area (Å²) in [6, 6.07) is 21.3. The van der Waals surface area contributed by atoms with Crippen molar-refractivity contribution < 1.29 is 18.7 Å². The van der Waals surface area contributed by atoms with Crippen molar-refractivity contribution in [3.05, 3.63) is 95.8 Å². The van der Waals surface area contributed by atoms with Crippen LogP contribution in [0.1, 0.15) is 29.9 Å². The first-order chi connectivity index (χ1) is 19.0. The van der Waals surface area contributed by atoms with Crippen LogP contribution in [0.5, 0.6) is 0 Å².